The Hall–Kier alpha value is -6.52. The lowest BCUT2D eigenvalue weighted by atomic mass is 9.97. The Kier molecular flexibility index (Phi) is 6.81. The van der Waals surface area contributed by atoms with Crippen LogP contribution in [0.3, 0.4) is 0 Å². The van der Waals surface area contributed by atoms with Crippen molar-refractivity contribution >= 4 is 49.2 Å². The second-order valence-electron chi connectivity index (χ2n) is 13.5. The van der Waals surface area contributed by atoms with Crippen molar-refractivity contribution < 1.29 is 0 Å². The van der Waals surface area contributed by atoms with Gasteiger partial charge in [0.25, 0.3) is 0 Å². The van der Waals surface area contributed by atoms with Crippen molar-refractivity contribution in [1.29, 1.82) is 0 Å². The molecule has 1 aliphatic rings. The van der Waals surface area contributed by atoms with Crippen LogP contribution in [0, 0.1) is 5.92 Å². The number of hydrogen-bond acceptors (Lipinski definition) is 2. The zero-order valence-corrected chi connectivity index (χ0v) is 28.2. The first-order chi connectivity index (χ1) is 25.2. The number of allylic oxidation sites excluding steroid dienone is 4. The van der Waals surface area contributed by atoms with Crippen LogP contribution < -0.4 is 0 Å². The molecule has 0 bridgehead atoms. The van der Waals surface area contributed by atoms with Gasteiger partial charge in [0.05, 0.1) is 33.5 Å². The lowest BCUT2D eigenvalue weighted by Gasteiger charge is -2.14. The molecule has 0 saturated carbocycles. The molecule has 10 rings (SSSR count). The fourth-order valence-electron chi connectivity index (χ4n) is 7.84. The molecule has 3 aromatic heterocycles. The first-order valence-corrected chi connectivity index (χ1v) is 17.7. The van der Waals surface area contributed by atoms with Gasteiger partial charge in [0.15, 0.2) is 5.82 Å². The zero-order chi connectivity index (χ0) is 33.9. The third kappa shape index (κ3) is 4.91. The van der Waals surface area contributed by atoms with Crippen molar-refractivity contribution in [3.8, 4) is 33.9 Å². The molecule has 0 amide bonds. The summed E-state index contributed by atoms with van der Waals surface area (Å²) in [7, 11) is 0. The molecule has 242 valence electrons. The van der Waals surface area contributed by atoms with E-state index >= 15 is 0 Å². The molecule has 51 heavy (non-hydrogen) atoms. The molecule has 1 aliphatic carbocycles. The molecule has 9 aromatic rings. The highest BCUT2D eigenvalue weighted by Gasteiger charge is 2.19. The lowest BCUT2D eigenvalue weighted by molar-refractivity contribution is 0.738. The standard InChI is InChI=1S/C47H34N4/c1-31-13-12-16-34(27-31)47-48-41(32-14-4-2-5-15-32)30-42(49-47)33-23-25-45-39(28-33)40-29-36(24-26-46(40)50(45)35-17-6-3-7-18-35)51-43-21-10-8-19-37(43)38-20-9-11-22-44(38)51/h2-12,14-31H,13H2,1H3. The topological polar surface area (TPSA) is 35.6 Å². The molecule has 0 spiro atoms. The number of fused-ring (bicyclic) bond motifs is 6. The summed E-state index contributed by atoms with van der Waals surface area (Å²) < 4.78 is 4.78. The maximum absolute atomic E-state index is 5.22. The van der Waals surface area contributed by atoms with Crippen molar-refractivity contribution in [2.45, 2.75) is 13.3 Å². The first-order valence-electron chi connectivity index (χ1n) is 17.7. The molecule has 1 atom stereocenters. The number of aromatic nitrogens is 4. The van der Waals surface area contributed by atoms with Crippen molar-refractivity contribution in [3.05, 3.63) is 176 Å². The van der Waals surface area contributed by atoms with Gasteiger partial charge in [-0.3, -0.25) is 0 Å². The average Bonchev–Trinajstić information content (AvgIpc) is 3.70. The van der Waals surface area contributed by atoms with Crippen LogP contribution in [0.15, 0.2) is 170 Å². The van der Waals surface area contributed by atoms with Gasteiger partial charge in [-0.25, -0.2) is 9.97 Å². The molecule has 0 aliphatic heterocycles. The van der Waals surface area contributed by atoms with E-state index in [9.17, 15) is 0 Å². The number of hydrogen-bond donors (Lipinski definition) is 0. The molecule has 4 nitrogen and oxygen atoms in total. The summed E-state index contributed by atoms with van der Waals surface area (Å²) in [6.07, 6.45) is 7.73. The van der Waals surface area contributed by atoms with E-state index in [0.717, 1.165) is 62.7 Å². The van der Waals surface area contributed by atoms with Crippen LogP contribution in [0.1, 0.15) is 19.2 Å². The summed E-state index contributed by atoms with van der Waals surface area (Å²) in [4.78, 5) is 10.3. The summed E-state index contributed by atoms with van der Waals surface area (Å²) in [6, 6.07) is 54.3. The van der Waals surface area contributed by atoms with Crippen LogP contribution in [0.5, 0.6) is 0 Å². The van der Waals surface area contributed by atoms with Crippen LogP contribution in [-0.4, -0.2) is 19.1 Å². The van der Waals surface area contributed by atoms with Gasteiger partial charge in [0.1, 0.15) is 0 Å². The highest BCUT2D eigenvalue weighted by molar-refractivity contribution is 6.13. The van der Waals surface area contributed by atoms with E-state index in [1.54, 1.807) is 0 Å². The third-order valence-electron chi connectivity index (χ3n) is 10.2. The fourth-order valence-corrected chi connectivity index (χ4v) is 7.84. The van der Waals surface area contributed by atoms with Crippen LogP contribution in [0.4, 0.5) is 0 Å². The van der Waals surface area contributed by atoms with Crippen molar-refractivity contribution in [1.82, 2.24) is 19.1 Å². The molecular weight excluding hydrogens is 621 g/mol. The Balaban J connectivity index is 1.23. The van der Waals surface area contributed by atoms with Crippen LogP contribution >= 0.6 is 0 Å². The van der Waals surface area contributed by atoms with Gasteiger partial charge in [-0.1, -0.05) is 116 Å². The highest BCUT2D eigenvalue weighted by atomic mass is 15.0. The van der Waals surface area contributed by atoms with E-state index in [4.69, 9.17) is 9.97 Å². The van der Waals surface area contributed by atoms with Crippen LogP contribution in [0.25, 0.3) is 83.1 Å². The second-order valence-corrected chi connectivity index (χ2v) is 13.5. The fraction of sp³-hybridized carbons (Fsp3) is 0.0638. The summed E-state index contributed by atoms with van der Waals surface area (Å²) in [5.74, 6) is 1.20. The minimum atomic E-state index is 0.446. The maximum Gasteiger partial charge on any atom is 0.160 e. The maximum atomic E-state index is 5.22. The molecule has 0 saturated heterocycles. The Morgan fingerprint density at radius 1 is 0.490 bits per heavy atom. The summed E-state index contributed by atoms with van der Waals surface area (Å²) in [5, 5.41) is 4.89. The van der Waals surface area contributed by atoms with Gasteiger partial charge in [0, 0.05) is 49.6 Å². The smallest absolute Gasteiger partial charge is 0.160 e. The highest BCUT2D eigenvalue weighted by Crippen LogP contribution is 2.39. The summed E-state index contributed by atoms with van der Waals surface area (Å²) in [5.41, 5.74) is 12.0. The number of benzene rings is 6. The molecule has 6 aromatic carbocycles. The van der Waals surface area contributed by atoms with Crippen molar-refractivity contribution in [3.63, 3.8) is 0 Å². The third-order valence-corrected chi connectivity index (χ3v) is 10.2. The Morgan fingerprint density at radius 3 is 1.76 bits per heavy atom. The normalized spacial score (nSPS) is 14.5. The van der Waals surface area contributed by atoms with Gasteiger partial charge >= 0.3 is 0 Å². The van der Waals surface area contributed by atoms with Crippen LogP contribution in [-0.2, 0) is 0 Å². The van der Waals surface area contributed by atoms with Crippen molar-refractivity contribution in [2.24, 2.45) is 5.92 Å². The molecule has 1 unspecified atom stereocenters. The summed E-state index contributed by atoms with van der Waals surface area (Å²) in [6.45, 7) is 2.25. The van der Waals surface area contributed by atoms with E-state index in [2.05, 4.69) is 180 Å². The Labute approximate surface area is 296 Å². The monoisotopic (exact) mass is 654 g/mol. The number of nitrogens with zero attached hydrogens (tertiary/aromatic N) is 4. The minimum Gasteiger partial charge on any atom is -0.309 e. The van der Waals surface area contributed by atoms with E-state index in [1.807, 2.05) is 6.07 Å². The van der Waals surface area contributed by atoms with E-state index in [0.29, 0.717) is 5.92 Å². The summed E-state index contributed by atoms with van der Waals surface area (Å²) >= 11 is 0. The van der Waals surface area contributed by atoms with Gasteiger partial charge in [-0.2, -0.15) is 0 Å². The van der Waals surface area contributed by atoms with E-state index in [1.165, 1.54) is 32.6 Å². The van der Waals surface area contributed by atoms with Crippen molar-refractivity contribution in [2.75, 3.05) is 0 Å². The number of rotatable bonds is 5. The first kappa shape index (κ1) is 29.4. The quantitative estimate of drug-likeness (QED) is 0.185. The molecule has 0 N–H and O–H groups in total. The molecule has 0 radical (unpaired) electrons. The minimum absolute atomic E-state index is 0.446. The van der Waals surface area contributed by atoms with E-state index < -0.39 is 0 Å². The SMILES string of the molecule is CC1C=C(c2nc(-c3ccccc3)cc(-c3ccc4c(c3)c3cc(-n5c6ccccc6c6ccccc65)ccc3n4-c3ccccc3)n2)C=CC1. The predicted octanol–water partition coefficient (Wildman–Crippen LogP) is 12.0. The molecule has 4 heteroatoms. The Morgan fingerprint density at radius 2 is 1.06 bits per heavy atom. The second kappa shape index (κ2) is 11.8. The average molecular weight is 655 g/mol. The predicted molar refractivity (Wildman–Crippen MR) is 212 cm³/mol. The van der Waals surface area contributed by atoms with Gasteiger partial charge in [-0.05, 0) is 73.0 Å². The molecule has 0 fully saturated rings. The van der Waals surface area contributed by atoms with Gasteiger partial charge < -0.3 is 9.13 Å². The van der Waals surface area contributed by atoms with Crippen LogP contribution in [0.2, 0.25) is 0 Å². The molecular formula is C47H34N4. The van der Waals surface area contributed by atoms with E-state index in [-0.39, 0.29) is 0 Å². The lowest BCUT2D eigenvalue weighted by Crippen LogP contribution is -2.02. The zero-order valence-electron chi connectivity index (χ0n) is 28.2. The van der Waals surface area contributed by atoms with Gasteiger partial charge in [0.2, 0.25) is 0 Å². The number of para-hydroxylation sites is 3. The largest absolute Gasteiger partial charge is 0.309 e. The molecule has 3 heterocycles. The Bertz CT molecular complexity index is 2780. The van der Waals surface area contributed by atoms with Gasteiger partial charge in [-0.15, -0.1) is 0 Å².